The highest BCUT2D eigenvalue weighted by Gasteiger charge is 2.24. The van der Waals surface area contributed by atoms with E-state index in [0.717, 1.165) is 11.3 Å². The Kier molecular flexibility index (Phi) is 4.29. The van der Waals surface area contributed by atoms with E-state index in [4.69, 9.17) is 16.3 Å². The summed E-state index contributed by atoms with van der Waals surface area (Å²) < 4.78 is 5.19. The molecule has 3 rings (SSSR count). The molecule has 114 valence electrons. The number of pyridine rings is 1. The van der Waals surface area contributed by atoms with Crippen molar-refractivity contribution in [2.24, 2.45) is 0 Å². The number of benzene rings is 1. The molecule has 22 heavy (non-hydrogen) atoms. The molecule has 1 aliphatic carbocycles. The Bertz CT molecular complexity index is 682. The topological polar surface area (TPSA) is 51.2 Å². The third-order valence-corrected chi connectivity index (χ3v) is 3.94. The molecule has 1 aromatic heterocycles. The number of nitrogens with one attached hydrogen (secondary N) is 1. The normalized spacial score (nSPS) is 13.7. The largest absolute Gasteiger partial charge is 0.496 e. The Morgan fingerprint density at radius 3 is 2.82 bits per heavy atom. The van der Waals surface area contributed by atoms with Gasteiger partial charge in [0.05, 0.1) is 12.7 Å². The molecule has 1 aromatic carbocycles. The fourth-order valence-corrected chi connectivity index (χ4v) is 2.47. The molecule has 0 radical (unpaired) electrons. The number of nitrogens with zero attached hydrogens (tertiary/aromatic N) is 1. The van der Waals surface area contributed by atoms with Crippen LogP contribution in [0.25, 0.3) is 0 Å². The van der Waals surface area contributed by atoms with Gasteiger partial charge < -0.3 is 10.1 Å². The van der Waals surface area contributed by atoms with Gasteiger partial charge >= 0.3 is 0 Å². The lowest BCUT2D eigenvalue weighted by atomic mass is 10.1. The van der Waals surface area contributed by atoms with E-state index in [9.17, 15) is 4.79 Å². The molecule has 0 aliphatic heterocycles. The molecule has 1 amide bonds. The quantitative estimate of drug-likeness (QED) is 0.917. The van der Waals surface area contributed by atoms with Crippen molar-refractivity contribution in [3.05, 3.63) is 58.4 Å². The van der Waals surface area contributed by atoms with Crippen LogP contribution in [-0.2, 0) is 6.54 Å². The number of carbonyl (C=O) groups is 1. The molecule has 1 saturated carbocycles. The van der Waals surface area contributed by atoms with Crippen LogP contribution in [0.5, 0.6) is 5.75 Å². The summed E-state index contributed by atoms with van der Waals surface area (Å²) in [4.78, 5) is 16.7. The Morgan fingerprint density at radius 1 is 1.36 bits per heavy atom. The summed E-state index contributed by atoms with van der Waals surface area (Å²) in [6, 6.07) is 9.03. The van der Waals surface area contributed by atoms with Gasteiger partial charge in [0.15, 0.2) is 0 Å². The van der Waals surface area contributed by atoms with Gasteiger partial charge in [-0.1, -0.05) is 17.7 Å². The highest BCUT2D eigenvalue weighted by molar-refractivity contribution is 6.31. The van der Waals surface area contributed by atoms with Gasteiger partial charge in [-0.15, -0.1) is 0 Å². The average molecular weight is 317 g/mol. The summed E-state index contributed by atoms with van der Waals surface area (Å²) in [7, 11) is 1.53. The van der Waals surface area contributed by atoms with Crippen LogP contribution in [0.4, 0.5) is 0 Å². The molecule has 0 saturated heterocycles. The predicted molar refractivity (Wildman–Crippen MR) is 85.4 cm³/mol. The van der Waals surface area contributed by atoms with E-state index in [1.165, 1.54) is 20.0 Å². The first-order chi connectivity index (χ1) is 10.7. The highest BCUT2D eigenvalue weighted by atomic mass is 35.5. The first kappa shape index (κ1) is 14.9. The van der Waals surface area contributed by atoms with Gasteiger partial charge in [-0.3, -0.25) is 9.78 Å². The van der Waals surface area contributed by atoms with Gasteiger partial charge in [0.2, 0.25) is 0 Å². The summed E-state index contributed by atoms with van der Waals surface area (Å²) in [6.45, 7) is 0.423. The van der Waals surface area contributed by atoms with Gasteiger partial charge in [0.1, 0.15) is 5.75 Å². The molecule has 0 atom stereocenters. The second-order valence-corrected chi connectivity index (χ2v) is 5.83. The molecule has 2 aromatic rings. The second kappa shape index (κ2) is 6.36. The smallest absolute Gasteiger partial charge is 0.255 e. The van der Waals surface area contributed by atoms with Crippen LogP contribution in [0.15, 0.2) is 36.5 Å². The monoisotopic (exact) mass is 316 g/mol. The van der Waals surface area contributed by atoms with Crippen LogP contribution in [0, 0.1) is 0 Å². The van der Waals surface area contributed by atoms with Crippen molar-refractivity contribution >= 4 is 17.5 Å². The van der Waals surface area contributed by atoms with E-state index in [1.807, 2.05) is 18.3 Å². The second-order valence-electron chi connectivity index (χ2n) is 5.39. The number of methoxy groups -OCH3 is 1. The molecule has 0 bridgehead atoms. The van der Waals surface area contributed by atoms with E-state index in [-0.39, 0.29) is 5.91 Å². The zero-order valence-corrected chi connectivity index (χ0v) is 13.1. The molecular weight excluding hydrogens is 300 g/mol. The van der Waals surface area contributed by atoms with Gasteiger partial charge in [-0.05, 0) is 42.7 Å². The van der Waals surface area contributed by atoms with Gasteiger partial charge in [0, 0.05) is 29.4 Å². The lowest BCUT2D eigenvalue weighted by Crippen LogP contribution is -2.23. The maximum Gasteiger partial charge on any atom is 0.255 e. The van der Waals surface area contributed by atoms with E-state index in [1.54, 1.807) is 18.2 Å². The van der Waals surface area contributed by atoms with Crippen molar-refractivity contribution in [1.29, 1.82) is 0 Å². The number of rotatable bonds is 5. The number of aromatic nitrogens is 1. The minimum Gasteiger partial charge on any atom is -0.496 e. The van der Waals surface area contributed by atoms with E-state index in [2.05, 4.69) is 10.3 Å². The van der Waals surface area contributed by atoms with Crippen molar-refractivity contribution in [3.63, 3.8) is 0 Å². The van der Waals surface area contributed by atoms with Crippen molar-refractivity contribution < 1.29 is 9.53 Å². The molecule has 0 spiro atoms. The Labute approximate surface area is 134 Å². The third-order valence-electron chi connectivity index (χ3n) is 3.70. The fraction of sp³-hybridized carbons (Fsp3) is 0.294. The number of hydrogen-bond acceptors (Lipinski definition) is 3. The van der Waals surface area contributed by atoms with Crippen LogP contribution in [0.1, 0.15) is 40.4 Å². The van der Waals surface area contributed by atoms with Gasteiger partial charge in [-0.25, -0.2) is 0 Å². The fourth-order valence-electron chi connectivity index (χ4n) is 2.30. The molecule has 1 N–H and O–H groups in total. The number of halogens is 1. The number of amides is 1. The van der Waals surface area contributed by atoms with Crippen molar-refractivity contribution in [3.8, 4) is 5.75 Å². The lowest BCUT2D eigenvalue weighted by molar-refractivity contribution is 0.0948. The standard InChI is InChI=1S/C17H17ClN2O2/c1-22-16-7-5-13(18)8-14(16)17(21)20-10-11-2-6-15(19-9-11)12-3-4-12/h2,5-9,12H,3-4,10H2,1H3,(H,20,21). The minimum atomic E-state index is -0.217. The summed E-state index contributed by atoms with van der Waals surface area (Å²) >= 11 is 5.94. The van der Waals surface area contributed by atoms with Crippen LogP contribution in [0.2, 0.25) is 5.02 Å². The van der Waals surface area contributed by atoms with Gasteiger partial charge in [-0.2, -0.15) is 0 Å². The van der Waals surface area contributed by atoms with E-state index < -0.39 is 0 Å². The average Bonchev–Trinajstić information content (AvgIpc) is 3.38. The first-order valence-corrected chi connectivity index (χ1v) is 7.61. The van der Waals surface area contributed by atoms with Crippen molar-refractivity contribution in [1.82, 2.24) is 10.3 Å². The number of carbonyl (C=O) groups excluding carboxylic acids is 1. The zero-order chi connectivity index (χ0) is 15.5. The maximum atomic E-state index is 12.3. The minimum absolute atomic E-state index is 0.217. The zero-order valence-electron chi connectivity index (χ0n) is 12.3. The molecule has 1 fully saturated rings. The molecule has 4 nitrogen and oxygen atoms in total. The number of hydrogen-bond donors (Lipinski definition) is 1. The summed E-state index contributed by atoms with van der Waals surface area (Å²) in [5.41, 5.74) is 2.54. The van der Waals surface area contributed by atoms with Crippen LogP contribution >= 0.6 is 11.6 Å². The van der Waals surface area contributed by atoms with Gasteiger partial charge in [0.25, 0.3) is 5.91 Å². The predicted octanol–water partition coefficient (Wildman–Crippen LogP) is 3.55. The molecule has 1 aliphatic rings. The highest BCUT2D eigenvalue weighted by Crippen LogP contribution is 2.38. The summed E-state index contributed by atoms with van der Waals surface area (Å²) in [5.74, 6) is 0.925. The van der Waals surface area contributed by atoms with Crippen LogP contribution in [-0.4, -0.2) is 18.0 Å². The summed E-state index contributed by atoms with van der Waals surface area (Å²) in [5, 5.41) is 3.37. The van der Waals surface area contributed by atoms with Crippen LogP contribution in [0.3, 0.4) is 0 Å². The van der Waals surface area contributed by atoms with Crippen LogP contribution < -0.4 is 10.1 Å². The lowest BCUT2D eigenvalue weighted by Gasteiger charge is -2.10. The Morgan fingerprint density at radius 2 is 2.18 bits per heavy atom. The van der Waals surface area contributed by atoms with Crippen molar-refractivity contribution in [2.75, 3.05) is 7.11 Å². The number of ether oxygens (including phenoxy) is 1. The SMILES string of the molecule is COc1ccc(Cl)cc1C(=O)NCc1ccc(C2CC2)nc1. The molecule has 1 heterocycles. The third kappa shape index (κ3) is 3.39. The Hall–Kier alpha value is -2.07. The first-order valence-electron chi connectivity index (χ1n) is 7.24. The van der Waals surface area contributed by atoms with E-state index >= 15 is 0 Å². The molecular formula is C17H17ClN2O2. The summed E-state index contributed by atoms with van der Waals surface area (Å²) in [6.07, 6.45) is 4.29. The van der Waals surface area contributed by atoms with E-state index in [0.29, 0.717) is 28.8 Å². The Balaban J connectivity index is 1.65. The molecule has 0 unspecified atom stereocenters. The molecule has 5 heteroatoms. The van der Waals surface area contributed by atoms with Crippen molar-refractivity contribution in [2.45, 2.75) is 25.3 Å². The maximum absolute atomic E-state index is 12.3.